The van der Waals surface area contributed by atoms with Crippen molar-refractivity contribution in [1.29, 1.82) is 0 Å². The number of β-amino-alcohol motifs (C(OH)–C–C–N with tert-alkyl or cyclic N) is 1. The molecule has 0 unspecified atom stereocenters. The Hall–Kier alpha value is -1.98. The monoisotopic (exact) mass is 302 g/mol. The Kier molecular flexibility index (Phi) is 3.13. The largest absolute Gasteiger partial charge is 0.390 e. The number of benzene rings is 2. The van der Waals surface area contributed by atoms with Gasteiger partial charge in [0.1, 0.15) is 11.6 Å². The second-order valence-electron chi connectivity index (χ2n) is 5.82. The maximum Gasteiger partial charge on any atom is 0.123 e. The van der Waals surface area contributed by atoms with Crippen molar-refractivity contribution >= 4 is 21.8 Å². The molecule has 1 aliphatic rings. The molecular formula is C17H16F2N2O. The fraction of sp³-hybridized carbons (Fsp3) is 0.294. The summed E-state index contributed by atoms with van der Waals surface area (Å²) >= 11 is 0. The molecule has 1 aliphatic heterocycles. The highest BCUT2D eigenvalue weighted by atomic mass is 19.1. The molecule has 2 heterocycles. The number of aliphatic hydroxyl groups is 1. The molecule has 114 valence electrons. The topological polar surface area (TPSA) is 37.2 Å². The molecule has 0 bridgehead atoms. The van der Waals surface area contributed by atoms with Crippen LogP contribution in [-0.4, -0.2) is 28.9 Å². The number of hydrogen-bond donors (Lipinski definition) is 2. The number of nitrogens with zero attached hydrogens (tertiary/aromatic N) is 1. The van der Waals surface area contributed by atoms with Gasteiger partial charge in [-0.25, -0.2) is 8.78 Å². The molecule has 3 aromatic rings. The van der Waals surface area contributed by atoms with Crippen molar-refractivity contribution in [3.8, 4) is 0 Å². The zero-order valence-corrected chi connectivity index (χ0v) is 11.9. The smallest absolute Gasteiger partial charge is 0.123 e. The van der Waals surface area contributed by atoms with Gasteiger partial charge in [-0.1, -0.05) is 0 Å². The molecule has 0 radical (unpaired) electrons. The van der Waals surface area contributed by atoms with Gasteiger partial charge in [0, 0.05) is 28.4 Å². The van der Waals surface area contributed by atoms with Gasteiger partial charge in [0.25, 0.3) is 0 Å². The molecule has 5 heteroatoms. The van der Waals surface area contributed by atoms with Crippen molar-refractivity contribution in [1.82, 2.24) is 9.88 Å². The van der Waals surface area contributed by atoms with Gasteiger partial charge in [-0.05, 0) is 49.4 Å². The van der Waals surface area contributed by atoms with E-state index in [0.717, 1.165) is 24.0 Å². The van der Waals surface area contributed by atoms with Crippen molar-refractivity contribution in [3.63, 3.8) is 0 Å². The predicted molar refractivity (Wildman–Crippen MR) is 81.9 cm³/mol. The number of aliphatic hydroxyl groups excluding tert-OH is 1. The SMILES string of the molecule is O[C@@H]1CNCC[C@H]1n1c2ccc(F)cc2c2cc(F)ccc21. The summed E-state index contributed by atoms with van der Waals surface area (Å²) in [5, 5.41) is 14.9. The minimum absolute atomic E-state index is 0.0998. The number of halogens is 2. The van der Waals surface area contributed by atoms with Crippen LogP contribution in [0.4, 0.5) is 8.78 Å². The van der Waals surface area contributed by atoms with Gasteiger partial charge in [0.05, 0.1) is 12.1 Å². The predicted octanol–water partition coefficient (Wildman–Crippen LogP) is 2.97. The van der Waals surface area contributed by atoms with E-state index in [1.54, 1.807) is 12.1 Å². The highest BCUT2D eigenvalue weighted by Gasteiger charge is 2.27. The summed E-state index contributed by atoms with van der Waals surface area (Å²) in [6.07, 6.45) is 0.247. The summed E-state index contributed by atoms with van der Waals surface area (Å²) in [6, 6.07) is 8.98. The number of nitrogens with one attached hydrogen (secondary N) is 1. The lowest BCUT2D eigenvalue weighted by Gasteiger charge is -2.31. The molecule has 4 rings (SSSR count). The van der Waals surface area contributed by atoms with Crippen LogP contribution in [0.1, 0.15) is 12.5 Å². The van der Waals surface area contributed by atoms with E-state index in [1.807, 2.05) is 4.57 Å². The van der Waals surface area contributed by atoms with Gasteiger partial charge in [0.2, 0.25) is 0 Å². The Morgan fingerprint density at radius 1 is 1.00 bits per heavy atom. The van der Waals surface area contributed by atoms with E-state index in [9.17, 15) is 13.9 Å². The minimum atomic E-state index is -0.525. The van der Waals surface area contributed by atoms with E-state index in [4.69, 9.17) is 0 Å². The Morgan fingerprint density at radius 3 is 2.14 bits per heavy atom. The van der Waals surface area contributed by atoms with Crippen LogP contribution in [0.3, 0.4) is 0 Å². The molecule has 0 saturated carbocycles. The molecule has 0 amide bonds. The van der Waals surface area contributed by atoms with Gasteiger partial charge in [-0.2, -0.15) is 0 Å². The van der Waals surface area contributed by atoms with Crippen LogP contribution in [0.25, 0.3) is 21.8 Å². The Bertz CT molecular complexity index is 799. The summed E-state index contributed by atoms with van der Waals surface area (Å²) < 4.78 is 29.3. The van der Waals surface area contributed by atoms with Gasteiger partial charge in [-0.15, -0.1) is 0 Å². The first-order valence-corrected chi connectivity index (χ1v) is 7.42. The fourth-order valence-corrected chi connectivity index (χ4v) is 3.48. The second kappa shape index (κ2) is 5.04. The third-order valence-corrected chi connectivity index (χ3v) is 4.47. The van der Waals surface area contributed by atoms with Crippen LogP contribution < -0.4 is 5.32 Å². The molecule has 1 aromatic heterocycles. The number of hydrogen-bond acceptors (Lipinski definition) is 2. The number of rotatable bonds is 1. The molecule has 2 atom stereocenters. The molecule has 0 aliphatic carbocycles. The number of piperidine rings is 1. The van der Waals surface area contributed by atoms with Crippen molar-refractivity contribution in [3.05, 3.63) is 48.0 Å². The van der Waals surface area contributed by atoms with Crippen LogP contribution in [0, 0.1) is 11.6 Å². The maximum absolute atomic E-state index is 13.6. The van der Waals surface area contributed by atoms with Crippen LogP contribution in [-0.2, 0) is 0 Å². The highest BCUT2D eigenvalue weighted by Crippen LogP contribution is 2.35. The van der Waals surface area contributed by atoms with Crippen LogP contribution >= 0.6 is 0 Å². The lowest BCUT2D eigenvalue weighted by atomic mass is 10.0. The molecular weight excluding hydrogens is 286 g/mol. The third-order valence-electron chi connectivity index (χ3n) is 4.47. The zero-order valence-electron chi connectivity index (χ0n) is 11.9. The Morgan fingerprint density at radius 2 is 1.59 bits per heavy atom. The second-order valence-corrected chi connectivity index (χ2v) is 5.82. The zero-order chi connectivity index (χ0) is 15.3. The van der Waals surface area contributed by atoms with Crippen molar-refractivity contribution in [2.45, 2.75) is 18.6 Å². The quantitative estimate of drug-likeness (QED) is 0.725. The summed E-state index contributed by atoms with van der Waals surface area (Å²) in [5.41, 5.74) is 1.65. The first-order chi connectivity index (χ1) is 10.6. The molecule has 1 fully saturated rings. The number of fused-ring (bicyclic) bond motifs is 3. The lowest BCUT2D eigenvalue weighted by Crippen LogP contribution is -2.41. The summed E-state index contributed by atoms with van der Waals surface area (Å²) in [6.45, 7) is 1.33. The first kappa shape index (κ1) is 13.7. The van der Waals surface area contributed by atoms with Crippen LogP contribution in [0.5, 0.6) is 0 Å². The van der Waals surface area contributed by atoms with E-state index in [2.05, 4.69) is 5.32 Å². The maximum atomic E-state index is 13.6. The molecule has 2 N–H and O–H groups in total. The molecule has 0 spiro atoms. The fourth-order valence-electron chi connectivity index (χ4n) is 3.48. The summed E-state index contributed by atoms with van der Waals surface area (Å²) in [7, 11) is 0. The van der Waals surface area contributed by atoms with Crippen molar-refractivity contribution < 1.29 is 13.9 Å². The first-order valence-electron chi connectivity index (χ1n) is 7.42. The van der Waals surface area contributed by atoms with Crippen molar-refractivity contribution in [2.24, 2.45) is 0 Å². The Balaban J connectivity index is 2.06. The van der Waals surface area contributed by atoms with Crippen LogP contribution in [0.15, 0.2) is 36.4 Å². The van der Waals surface area contributed by atoms with Crippen molar-refractivity contribution in [2.75, 3.05) is 13.1 Å². The van der Waals surface area contributed by atoms with E-state index in [0.29, 0.717) is 17.3 Å². The van der Waals surface area contributed by atoms with E-state index < -0.39 is 6.10 Å². The van der Waals surface area contributed by atoms with Gasteiger partial charge >= 0.3 is 0 Å². The normalized spacial score (nSPS) is 22.5. The lowest BCUT2D eigenvalue weighted by molar-refractivity contribution is 0.0913. The van der Waals surface area contributed by atoms with Gasteiger partial charge in [0.15, 0.2) is 0 Å². The standard InChI is InChI=1S/C17H16F2N2O/c18-10-1-3-14-12(7-10)13-8-11(19)2-4-15(13)21(14)16-5-6-20-9-17(16)22/h1-4,7-8,16-17,20,22H,5-6,9H2/t16-,17-/m1/s1. The highest BCUT2D eigenvalue weighted by molar-refractivity contribution is 6.08. The average Bonchev–Trinajstić information content (AvgIpc) is 2.81. The summed E-state index contributed by atoms with van der Waals surface area (Å²) in [4.78, 5) is 0. The molecule has 1 saturated heterocycles. The molecule has 22 heavy (non-hydrogen) atoms. The molecule has 2 aromatic carbocycles. The minimum Gasteiger partial charge on any atom is -0.390 e. The third kappa shape index (κ3) is 2.01. The summed E-state index contributed by atoms with van der Waals surface area (Å²) in [5.74, 6) is -0.691. The van der Waals surface area contributed by atoms with Gasteiger partial charge < -0.3 is 15.0 Å². The van der Waals surface area contributed by atoms with E-state index in [1.165, 1.54) is 24.3 Å². The van der Waals surface area contributed by atoms with E-state index >= 15 is 0 Å². The van der Waals surface area contributed by atoms with E-state index in [-0.39, 0.29) is 17.7 Å². The Labute approximate surface area is 126 Å². The van der Waals surface area contributed by atoms with Gasteiger partial charge in [-0.3, -0.25) is 0 Å². The molecule has 3 nitrogen and oxygen atoms in total. The average molecular weight is 302 g/mol. The van der Waals surface area contributed by atoms with Crippen LogP contribution in [0.2, 0.25) is 0 Å². The number of aromatic nitrogens is 1.